The Balaban J connectivity index is 2.09. The van der Waals surface area contributed by atoms with Crippen molar-refractivity contribution in [1.29, 1.82) is 0 Å². The van der Waals surface area contributed by atoms with Crippen molar-refractivity contribution in [2.75, 3.05) is 26.9 Å². The number of rotatable bonds is 5. The molecule has 118 valence electrons. The Morgan fingerprint density at radius 3 is 2.95 bits per heavy atom. The summed E-state index contributed by atoms with van der Waals surface area (Å²) in [6, 6.07) is 0. The summed E-state index contributed by atoms with van der Waals surface area (Å²) in [6.45, 7) is 0.563. The highest BCUT2D eigenvalue weighted by Crippen LogP contribution is 2.34. The van der Waals surface area contributed by atoms with E-state index in [9.17, 15) is 18.0 Å². The van der Waals surface area contributed by atoms with Crippen LogP contribution in [0.25, 0.3) is 0 Å². The van der Waals surface area contributed by atoms with Crippen molar-refractivity contribution in [2.24, 2.45) is 0 Å². The standard InChI is InChI=1S/C12H16F3N3O3/c1-20-7-10(19)16-3-4-18-9-2-5-21-6-8(9)11(17-18)12(13,14)15/h2-7H2,1H3,(H,16,19). The van der Waals surface area contributed by atoms with Crippen LogP contribution >= 0.6 is 0 Å². The second-order valence-corrected chi connectivity index (χ2v) is 4.58. The number of amides is 1. The molecular weight excluding hydrogens is 291 g/mol. The molecule has 9 heteroatoms. The summed E-state index contributed by atoms with van der Waals surface area (Å²) in [5.74, 6) is -0.321. The monoisotopic (exact) mass is 307 g/mol. The number of ether oxygens (including phenoxy) is 2. The molecule has 0 radical (unpaired) electrons. The van der Waals surface area contributed by atoms with Crippen LogP contribution in [0.4, 0.5) is 13.2 Å². The Morgan fingerprint density at radius 1 is 1.52 bits per heavy atom. The lowest BCUT2D eigenvalue weighted by molar-refractivity contribution is -0.142. The molecule has 0 aromatic carbocycles. The number of halogens is 3. The minimum atomic E-state index is -4.50. The summed E-state index contributed by atoms with van der Waals surface area (Å²) in [7, 11) is 1.39. The van der Waals surface area contributed by atoms with Crippen LogP contribution in [0, 0.1) is 0 Å². The molecule has 6 nitrogen and oxygen atoms in total. The largest absolute Gasteiger partial charge is 0.435 e. The molecule has 1 aromatic heterocycles. The molecule has 0 spiro atoms. The molecule has 1 aliphatic rings. The Labute approximate surface area is 119 Å². The first kappa shape index (κ1) is 15.8. The lowest BCUT2D eigenvalue weighted by Crippen LogP contribution is -2.31. The molecule has 0 bridgehead atoms. The number of methoxy groups -OCH3 is 1. The maximum atomic E-state index is 12.9. The lowest BCUT2D eigenvalue weighted by Gasteiger charge is -2.15. The molecule has 0 saturated heterocycles. The molecule has 1 amide bonds. The highest BCUT2D eigenvalue weighted by Gasteiger charge is 2.39. The summed E-state index contributed by atoms with van der Waals surface area (Å²) in [6.07, 6.45) is -4.13. The molecule has 2 heterocycles. The van der Waals surface area contributed by atoms with Gasteiger partial charge in [-0.25, -0.2) is 0 Å². The SMILES string of the molecule is COCC(=O)NCCn1nc(C(F)(F)F)c2c1CCOC2. The number of carbonyl (C=O) groups is 1. The first-order chi connectivity index (χ1) is 9.93. The van der Waals surface area contributed by atoms with Gasteiger partial charge in [0.1, 0.15) is 6.61 Å². The van der Waals surface area contributed by atoms with Crippen molar-refractivity contribution in [3.63, 3.8) is 0 Å². The predicted octanol–water partition coefficient (Wildman–Crippen LogP) is 0.737. The van der Waals surface area contributed by atoms with E-state index in [1.165, 1.54) is 11.8 Å². The van der Waals surface area contributed by atoms with Crippen LogP contribution in [0.2, 0.25) is 0 Å². The number of hydrogen-bond donors (Lipinski definition) is 1. The fourth-order valence-electron chi connectivity index (χ4n) is 2.20. The van der Waals surface area contributed by atoms with Crippen LogP contribution in [0.1, 0.15) is 17.0 Å². The van der Waals surface area contributed by atoms with E-state index < -0.39 is 11.9 Å². The van der Waals surface area contributed by atoms with Gasteiger partial charge in [-0.05, 0) is 0 Å². The topological polar surface area (TPSA) is 65.4 Å². The number of nitrogens with one attached hydrogen (secondary N) is 1. The first-order valence-electron chi connectivity index (χ1n) is 6.42. The van der Waals surface area contributed by atoms with Gasteiger partial charge in [0.15, 0.2) is 5.69 Å². The molecule has 21 heavy (non-hydrogen) atoms. The second kappa shape index (κ2) is 6.44. The number of hydrogen-bond acceptors (Lipinski definition) is 4. The summed E-state index contributed by atoms with van der Waals surface area (Å²) >= 11 is 0. The quantitative estimate of drug-likeness (QED) is 0.871. The Kier molecular flexibility index (Phi) is 4.84. The van der Waals surface area contributed by atoms with Crippen molar-refractivity contribution >= 4 is 5.91 Å². The number of carbonyl (C=O) groups excluding carboxylic acids is 1. The molecule has 2 rings (SSSR count). The average Bonchev–Trinajstić information content (AvgIpc) is 2.78. The van der Waals surface area contributed by atoms with Crippen LogP contribution in [-0.2, 0) is 40.0 Å². The molecule has 0 unspecified atom stereocenters. The van der Waals surface area contributed by atoms with E-state index in [-0.39, 0.29) is 37.8 Å². The summed E-state index contributed by atoms with van der Waals surface area (Å²) in [4.78, 5) is 11.2. The van der Waals surface area contributed by atoms with Gasteiger partial charge >= 0.3 is 6.18 Å². The number of nitrogens with zero attached hydrogens (tertiary/aromatic N) is 2. The van der Waals surface area contributed by atoms with Gasteiger partial charge in [0.2, 0.25) is 5.91 Å². The highest BCUT2D eigenvalue weighted by molar-refractivity contribution is 5.77. The van der Waals surface area contributed by atoms with Crippen LogP contribution in [0.3, 0.4) is 0 Å². The molecule has 1 aromatic rings. The van der Waals surface area contributed by atoms with Gasteiger partial charge in [0, 0.05) is 31.3 Å². The van der Waals surface area contributed by atoms with E-state index in [4.69, 9.17) is 4.74 Å². The number of alkyl halides is 3. The smallest absolute Gasteiger partial charge is 0.376 e. The van der Waals surface area contributed by atoms with Gasteiger partial charge in [-0.2, -0.15) is 18.3 Å². The van der Waals surface area contributed by atoms with Crippen molar-refractivity contribution in [3.8, 4) is 0 Å². The predicted molar refractivity (Wildman–Crippen MR) is 65.5 cm³/mol. The number of aromatic nitrogens is 2. The third kappa shape index (κ3) is 3.73. The maximum absolute atomic E-state index is 12.9. The summed E-state index contributed by atoms with van der Waals surface area (Å²) in [5.41, 5.74) is -0.285. The van der Waals surface area contributed by atoms with E-state index in [1.54, 1.807) is 0 Å². The van der Waals surface area contributed by atoms with E-state index in [2.05, 4.69) is 15.2 Å². The third-order valence-electron chi connectivity index (χ3n) is 3.09. The van der Waals surface area contributed by atoms with Crippen molar-refractivity contribution in [1.82, 2.24) is 15.1 Å². The van der Waals surface area contributed by atoms with Crippen LogP contribution < -0.4 is 5.32 Å². The normalized spacial score (nSPS) is 14.9. The zero-order valence-electron chi connectivity index (χ0n) is 11.5. The van der Waals surface area contributed by atoms with E-state index >= 15 is 0 Å². The van der Waals surface area contributed by atoms with E-state index in [1.807, 2.05) is 0 Å². The fraction of sp³-hybridized carbons (Fsp3) is 0.667. The molecule has 0 atom stereocenters. The maximum Gasteiger partial charge on any atom is 0.435 e. The zero-order chi connectivity index (χ0) is 15.5. The Bertz CT molecular complexity index is 514. The highest BCUT2D eigenvalue weighted by atomic mass is 19.4. The van der Waals surface area contributed by atoms with Gasteiger partial charge < -0.3 is 14.8 Å². The lowest BCUT2D eigenvalue weighted by atomic mass is 10.1. The molecular formula is C12H16F3N3O3. The van der Waals surface area contributed by atoms with Crippen LogP contribution in [0.15, 0.2) is 0 Å². The zero-order valence-corrected chi connectivity index (χ0v) is 11.5. The number of fused-ring (bicyclic) bond motifs is 1. The average molecular weight is 307 g/mol. The van der Waals surface area contributed by atoms with E-state index in [0.29, 0.717) is 18.7 Å². The van der Waals surface area contributed by atoms with Gasteiger partial charge in [-0.1, -0.05) is 0 Å². The second-order valence-electron chi connectivity index (χ2n) is 4.58. The van der Waals surface area contributed by atoms with Crippen LogP contribution in [0.5, 0.6) is 0 Å². The molecule has 0 saturated carbocycles. The van der Waals surface area contributed by atoms with Gasteiger partial charge in [-0.3, -0.25) is 9.48 Å². The minimum Gasteiger partial charge on any atom is -0.376 e. The summed E-state index contributed by atoms with van der Waals surface area (Å²) in [5, 5.41) is 6.18. The van der Waals surface area contributed by atoms with Gasteiger partial charge in [0.05, 0.1) is 19.8 Å². The molecule has 0 aliphatic carbocycles. The minimum absolute atomic E-state index is 0.0831. The molecule has 1 aliphatic heterocycles. The van der Waals surface area contributed by atoms with Crippen molar-refractivity contribution in [2.45, 2.75) is 25.7 Å². The fourth-order valence-corrected chi connectivity index (χ4v) is 2.20. The van der Waals surface area contributed by atoms with E-state index in [0.717, 1.165) is 0 Å². The molecule has 0 fully saturated rings. The van der Waals surface area contributed by atoms with Gasteiger partial charge in [-0.15, -0.1) is 0 Å². The van der Waals surface area contributed by atoms with Crippen LogP contribution in [-0.4, -0.2) is 42.6 Å². The van der Waals surface area contributed by atoms with Crippen molar-refractivity contribution < 1.29 is 27.4 Å². The molecule has 1 N–H and O–H groups in total. The van der Waals surface area contributed by atoms with Crippen molar-refractivity contribution in [3.05, 3.63) is 17.0 Å². The Morgan fingerprint density at radius 2 is 2.29 bits per heavy atom. The third-order valence-corrected chi connectivity index (χ3v) is 3.09. The summed E-state index contributed by atoms with van der Waals surface area (Å²) < 4.78 is 49.8. The van der Waals surface area contributed by atoms with Gasteiger partial charge in [0.25, 0.3) is 0 Å². The Hall–Kier alpha value is -1.61. The first-order valence-corrected chi connectivity index (χ1v) is 6.42.